The molecule has 2 N–H and O–H groups in total. The molecule has 4 heteroatoms. The van der Waals surface area contributed by atoms with Crippen molar-refractivity contribution in [3.05, 3.63) is 23.8 Å². The molecule has 1 aromatic rings. The summed E-state index contributed by atoms with van der Waals surface area (Å²) in [5, 5.41) is 6.26. The molecule has 1 atom stereocenters. The van der Waals surface area contributed by atoms with E-state index in [1.165, 1.54) is 0 Å². The Bertz CT molecular complexity index is 466. The summed E-state index contributed by atoms with van der Waals surface area (Å²) in [6, 6.07) is 5.71. The van der Waals surface area contributed by atoms with E-state index in [0.29, 0.717) is 0 Å². The van der Waals surface area contributed by atoms with Gasteiger partial charge in [-0.1, -0.05) is 6.42 Å². The Hall–Kier alpha value is -1.55. The van der Waals surface area contributed by atoms with Crippen LogP contribution in [0.4, 0.5) is 5.69 Å². The Morgan fingerprint density at radius 2 is 2.20 bits per heavy atom. The lowest BCUT2D eigenvalue weighted by Crippen LogP contribution is -2.43. The highest BCUT2D eigenvalue weighted by atomic mass is 16.5. The zero-order valence-corrected chi connectivity index (χ0v) is 12.5. The maximum Gasteiger partial charge on any atom is 0.241 e. The minimum Gasteiger partial charge on any atom is -0.491 e. The Labute approximate surface area is 120 Å². The number of hydrogen-bond donors (Lipinski definition) is 2. The monoisotopic (exact) mass is 276 g/mol. The lowest BCUT2D eigenvalue weighted by atomic mass is 10.0. The van der Waals surface area contributed by atoms with Gasteiger partial charge in [0, 0.05) is 5.69 Å². The number of ether oxygens (including phenoxy) is 1. The molecule has 1 amide bonds. The molecule has 0 aromatic heterocycles. The first-order valence-corrected chi connectivity index (χ1v) is 7.38. The van der Waals surface area contributed by atoms with E-state index in [9.17, 15) is 4.79 Å². The van der Waals surface area contributed by atoms with Gasteiger partial charge >= 0.3 is 0 Å². The summed E-state index contributed by atoms with van der Waals surface area (Å²) in [4.78, 5) is 12.2. The van der Waals surface area contributed by atoms with Crippen LogP contribution in [0.15, 0.2) is 18.2 Å². The molecule has 0 bridgehead atoms. The van der Waals surface area contributed by atoms with Crippen molar-refractivity contribution in [1.82, 2.24) is 5.32 Å². The first kappa shape index (κ1) is 14.9. The smallest absolute Gasteiger partial charge is 0.241 e. The molecule has 1 saturated heterocycles. The molecule has 0 aliphatic carbocycles. The predicted molar refractivity (Wildman–Crippen MR) is 81.2 cm³/mol. The summed E-state index contributed by atoms with van der Waals surface area (Å²) < 4.78 is 5.65. The van der Waals surface area contributed by atoms with Crippen molar-refractivity contribution in [3.8, 4) is 5.75 Å². The third kappa shape index (κ3) is 3.97. The SMILES string of the molecule is Cc1cc(OC(C)C)ccc1NC(=O)[C@H]1CCCCN1. The number of amides is 1. The van der Waals surface area contributed by atoms with Crippen molar-refractivity contribution in [1.29, 1.82) is 0 Å². The van der Waals surface area contributed by atoms with E-state index < -0.39 is 0 Å². The molecule has 1 heterocycles. The van der Waals surface area contributed by atoms with Gasteiger partial charge in [-0.15, -0.1) is 0 Å². The van der Waals surface area contributed by atoms with Crippen LogP contribution in [0.25, 0.3) is 0 Å². The van der Waals surface area contributed by atoms with Gasteiger partial charge in [-0.25, -0.2) is 0 Å². The van der Waals surface area contributed by atoms with Gasteiger partial charge in [0.15, 0.2) is 0 Å². The number of nitrogens with one attached hydrogen (secondary N) is 2. The fourth-order valence-corrected chi connectivity index (χ4v) is 2.42. The Balaban J connectivity index is 2.00. The first-order chi connectivity index (χ1) is 9.56. The summed E-state index contributed by atoms with van der Waals surface area (Å²) in [5.41, 5.74) is 1.88. The summed E-state index contributed by atoms with van der Waals surface area (Å²) in [6.45, 7) is 6.91. The average Bonchev–Trinajstić information content (AvgIpc) is 2.42. The van der Waals surface area contributed by atoms with Crippen LogP contribution in [0, 0.1) is 6.92 Å². The average molecular weight is 276 g/mol. The number of hydrogen-bond acceptors (Lipinski definition) is 3. The summed E-state index contributed by atoms with van der Waals surface area (Å²) in [6.07, 6.45) is 3.34. The van der Waals surface area contributed by atoms with Crippen LogP contribution in [-0.4, -0.2) is 24.6 Å². The molecule has 20 heavy (non-hydrogen) atoms. The molecule has 0 radical (unpaired) electrons. The summed E-state index contributed by atoms with van der Waals surface area (Å²) >= 11 is 0. The van der Waals surface area contributed by atoms with Crippen LogP contribution in [0.1, 0.15) is 38.7 Å². The van der Waals surface area contributed by atoms with Gasteiger partial charge in [0.25, 0.3) is 0 Å². The standard InChI is InChI=1S/C16H24N2O2/c1-11(2)20-13-7-8-14(12(3)10-13)18-16(19)15-6-4-5-9-17-15/h7-8,10-11,15,17H,4-6,9H2,1-3H3,(H,18,19)/t15-/m1/s1. The van der Waals surface area contributed by atoms with Crippen LogP contribution >= 0.6 is 0 Å². The van der Waals surface area contributed by atoms with Gasteiger partial charge in [0.05, 0.1) is 12.1 Å². The minimum atomic E-state index is -0.0604. The number of aryl methyl sites for hydroxylation is 1. The van der Waals surface area contributed by atoms with Crippen molar-refractivity contribution >= 4 is 11.6 Å². The van der Waals surface area contributed by atoms with Crippen LogP contribution in [-0.2, 0) is 4.79 Å². The third-order valence-electron chi connectivity index (χ3n) is 3.45. The Morgan fingerprint density at radius 3 is 2.80 bits per heavy atom. The second-order valence-electron chi connectivity index (χ2n) is 5.64. The molecule has 0 saturated carbocycles. The van der Waals surface area contributed by atoms with E-state index in [4.69, 9.17) is 4.74 Å². The molecule has 0 unspecified atom stereocenters. The lowest BCUT2D eigenvalue weighted by molar-refractivity contribution is -0.118. The zero-order valence-electron chi connectivity index (χ0n) is 12.5. The Morgan fingerprint density at radius 1 is 1.40 bits per heavy atom. The van der Waals surface area contributed by atoms with Gasteiger partial charge in [0.1, 0.15) is 5.75 Å². The number of rotatable bonds is 4. The minimum absolute atomic E-state index is 0.0604. The maximum atomic E-state index is 12.2. The Kier molecular flexibility index (Phi) is 5.01. The molecule has 1 aliphatic rings. The van der Waals surface area contributed by atoms with Crippen molar-refractivity contribution in [2.24, 2.45) is 0 Å². The summed E-state index contributed by atoms with van der Waals surface area (Å²) in [7, 11) is 0. The van der Waals surface area contributed by atoms with Crippen molar-refractivity contribution in [3.63, 3.8) is 0 Å². The summed E-state index contributed by atoms with van der Waals surface area (Å²) in [5.74, 6) is 0.900. The quantitative estimate of drug-likeness (QED) is 0.889. The molecule has 4 nitrogen and oxygen atoms in total. The highest BCUT2D eigenvalue weighted by Gasteiger charge is 2.20. The number of carbonyl (C=O) groups is 1. The van der Waals surface area contributed by atoms with Gasteiger partial charge in [-0.3, -0.25) is 4.79 Å². The van der Waals surface area contributed by atoms with Crippen LogP contribution in [0.2, 0.25) is 0 Å². The zero-order chi connectivity index (χ0) is 14.5. The predicted octanol–water partition coefficient (Wildman–Crippen LogP) is 2.86. The van der Waals surface area contributed by atoms with E-state index in [-0.39, 0.29) is 18.1 Å². The molecule has 110 valence electrons. The van der Waals surface area contributed by atoms with Crippen LogP contribution in [0.3, 0.4) is 0 Å². The molecular weight excluding hydrogens is 252 g/mol. The van der Waals surface area contributed by atoms with Crippen molar-refractivity contribution in [2.75, 3.05) is 11.9 Å². The second kappa shape index (κ2) is 6.75. The number of benzene rings is 1. The van der Waals surface area contributed by atoms with E-state index >= 15 is 0 Å². The molecule has 1 fully saturated rings. The van der Waals surface area contributed by atoms with Crippen LogP contribution < -0.4 is 15.4 Å². The third-order valence-corrected chi connectivity index (χ3v) is 3.45. The molecule has 2 rings (SSSR count). The largest absolute Gasteiger partial charge is 0.491 e. The first-order valence-electron chi connectivity index (χ1n) is 7.38. The molecular formula is C16H24N2O2. The lowest BCUT2D eigenvalue weighted by Gasteiger charge is -2.23. The van der Waals surface area contributed by atoms with E-state index in [2.05, 4.69) is 10.6 Å². The maximum absolute atomic E-state index is 12.2. The number of anilines is 1. The second-order valence-corrected chi connectivity index (χ2v) is 5.64. The number of piperidine rings is 1. The van der Waals surface area contributed by atoms with Crippen molar-refractivity contribution in [2.45, 2.75) is 52.2 Å². The van der Waals surface area contributed by atoms with E-state index in [1.807, 2.05) is 39.0 Å². The van der Waals surface area contributed by atoms with Gasteiger partial charge in [-0.2, -0.15) is 0 Å². The highest BCUT2D eigenvalue weighted by Crippen LogP contribution is 2.22. The van der Waals surface area contributed by atoms with Gasteiger partial charge in [-0.05, 0) is 63.9 Å². The van der Waals surface area contributed by atoms with E-state index in [1.54, 1.807) is 0 Å². The highest BCUT2D eigenvalue weighted by molar-refractivity contribution is 5.95. The van der Waals surface area contributed by atoms with Crippen LogP contribution in [0.5, 0.6) is 5.75 Å². The molecule has 1 aliphatic heterocycles. The van der Waals surface area contributed by atoms with E-state index in [0.717, 1.165) is 42.8 Å². The molecule has 1 aromatic carbocycles. The van der Waals surface area contributed by atoms with Gasteiger partial charge in [0.2, 0.25) is 5.91 Å². The fraction of sp³-hybridized carbons (Fsp3) is 0.562. The fourth-order valence-electron chi connectivity index (χ4n) is 2.42. The van der Waals surface area contributed by atoms with Gasteiger partial charge < -0.3 is 15.4 Å². The molecule has 0 spiro atoms. The topological polar surface area (TPSA) is 50.4 Å². The number of carbonyl (C=O) groups excluding carboxylic acids is 1. The normalized spacial score (nSPS) is 18.9. The van der Waals surface area contributed by atoms with Crippen molar-refractivity contribution < 1.29 is 9.53 Å².